The minimum Gasteiger partial charge on any atom is -0.303 e. The van der Waals surface area contributed by atoms with Crippen molar-refractivity contribution in [2.45, 2.75) is 50.1 Å². The number of nitrogens with zero attached hydrogens (tertiary/aromatic N) is 1. The van der Waals surface area contributed by atoms with Crippen molar-refractivity contribution in [3.63, 3.8) is 0 Å². The van der Waals surface area contributed by atoms with Crippen LogP contribution in [-0.2, 0) is 16.2 Å². The summed E-state index contributed by atoms with van der Waals surface area (Å²) in [6, 6.07) is 8.38. The molecule has 2 aromatic carbocycles. The van der Waals surface area contributed by atoms with Crippen molar-refractivity contribution >= 4 is 33.2 Å². The number of nitrogens with two attached hydrogens (primary N) is 1. The summed E-state index contributed by atoms with van der Waals surface area (Å²) in [5.41, 5.74) is -0.541. The van der Waals surface area contributed by atoms with Gasteiger partial charge in [0.1, 0.15) is 0 Å². The fraction of sp³-hybridized carbons (Fsp3) is 0.381. The molecule has 168 valence electrons. The maximum Gasteiger partial charge on any atom is 0.418 e. The first kappa shape index (κ1) is 23.6. The quantitative estimate of drug-likeness (QED) is 0.683. The Labute approximate surface area is 184 Å². The second kappa shape index (κ2) is 8.80. The normalized spacial score (nSPS) is 19.8. The van der Waals surface area contributed by atoms with Gasteiger partial charge in [0.15, 0.2) is 0 Å². The summed E-state index contributed by atoms with van der Waals surface area (Å²) >= 11 is 5.81. The van der Waals surface area contributed by atoms with E-state index in [9.17, 15) is 26.4 Å². The average molecular weight is 475 g/mol. The number of carbonyl (C=O) groups is 1. The number of benzene rings is 2. The highest BCUT2D eigenvalue weighted by Crippen LogP contribution is 2.41. The second-order valence-corrected chi connectivity index (χ2v) is 9.90. The third kappa shape index (κ3) is 5.22. The highest BCUT2D eigenvalue weighted by Gasteiger charge is 2.43. The van der Waals surface area contributed by atoms with Crippen LogP contribution in [0.15, 0.2) is 42.5 Å². The highest BCUT2D eigenvalue weighted by molar-refractivity contribution is 7.89. The van der Waals surface area contributed by atoms with E-state index < -0.39 is 44.6 Å². The van der Waals surface area contributed by atoms with E-state index in [0.717, 1.165) is 22.6 Å². The summed E-state index contributed by atoms with van der Waals surface area (Å²) in [5.74, 6) is -0.728. The molecular formula is C21H22ClF3N2O3S. The Morgan fingerprint density at radius 1 is 1.10 bits per heavy atom. The lowest BCUT2D eigenvalue weighted by atomic mass is 9.92. The van der Waals surface area contributed by atoms with Crippen LogP contribution >= 0.6 is 11.6 Å². The Bertz CT molecular complexity index is 1070. The zero-order valence-electron chi connectivity index (χ0n) is 16.7. The van der Waals surface area contributed by atoms with Gasteiger partial charge < -0.3 is 4.90 Å². The molecule has 1 aliphatic rings. The van der Waals surface area contributed by atoms with Crippen LogP contribution in [-0.4, -0.2) is 25.6 Å². The van der Waals surface area contributed by atoms with Crippen molar-refractivity contribution in [1.29, 1.82) is 0 Å². The first-order valence-electron chi connectivity index (χ1n) is 9.68. The van der Waals surface area contributed by atoms with Gasteiger partial charge in [-0.2, -0.15) is 13.2 Å². The molecule has 0 aliphatic heterocycles. The lowest BCUT2D eigenvalue weighted by Gasteiger charge is -2.40. The number of alkyl halides is 3. The molecule has 1 aliphatic carbocycles. The SMILES string of the molecule is Cc1ccc(C(=O)N(c2ccc(Cl)cc2C(F)(F)F)C2CCCCC2S(N)(=O)=O)cc1. The number of sulfonamides is 1. The van der Waals surface area contributed by atoms with Crippen LogP contribution in [0.25, 0.3) is 0 Å². The predicted octanol–water partition coefficient (Wildman–Crippen LogP) is 4.91. The van der Waals surface area contributed by atoms with E-state index in [2.05, 4.69) is 0 Å². The number of rotatable bonds is 4. The van der Waals surface area contributed by atoms with Gasteiger partial charge in [-0.05, 0) is 50.1 Å². The van der Waals surface area contributed by atoms with Crippen molar-refractivity contribution in [2.24, 2.45) is 5.14 Å². The summed E-state index contributed by atoms with van der Waals surface area (Å²) in [7, 11) is -4.11. The lowest BCUT2D eigenvalue weighted by Crippen LogP contribution is -2.53. The molecule has 5 nitrogen and oxygen atoms in total. The van der Waals surface area contributed by atoms with E-state index in [1.165, 1.54) is 18.2 Å². The van der Waals surface area contributed by atoms with E-state index in [4.69, 9.17) is 16.7 Å². The van der Waals surface area contributed by atoms with Gasteiger partial charge in [0.2, 0.25) is 10.0 Å². The van der Waals surface area contributed by atoms with Crippen LogP contribution < -0.4 is 10.0 Å². The van der Waals surface area contributed by atoms with Gasteiger partial charge >= 0.3 is 6.18 Å². The predicted molar refractivity (Wildman–Crippen MR) is 114 cm³/mol. The van der Waals surface area contributed by atoms with E-state index in [0.29, 0.717) is 12.8 Å². The van der Waals surface area contributed by atoms with Gasteiger partial charge in [0, 0.05) is 10.6 Å². The number of hydrogen-bond acceptors (Lipinski definition) is 3. The van der Waals surface area contributed by atoms with Crippen LogP contribution in [0.3, 0.4) is 0 Å². The molecule has 1 saturated carbocycles. The zero-order chi connectivity index (χ0) is 23.0. The number of aryl methyl sites for hydroxylation is 1. The third-order valence-electron chi connectivity index (χ3n) is 5.46. The Morgan fingerprint density at radius 2 is 1.71 bits per heavy atom. The minimum atomic E-state index is -4.81. The molecule has 0 aromatic heterocycles. The molecule has 0 heterocycles. The number of primary sulfonamides is 1. The summed E-state index contributed by atoms with van der Waals surface area (Å²) in [6.07, 6.45) is -3.33. The molecule has 0 bridgehead atoms. The van der Waals surface area contributed by atoms with Crippen LogP contribution in [0.5, 0.6) is 0 Å². The Morgan fingerprint density at radius 3 is 2.29 bits per heavy atom. The fourth-order valence-corrected chi connectivity index (χ4v) is 5.34. The topological polar surface area (TPSA) is 80.5 Å². The van der Waals surface area contributed by atoms with Gasteiger partial charge in [-0.3, -0.25) is 4.79 Å². The third-order valence-corrected chi connectivity index (χ3v) is 7.09. The summed E-state index contributed by atoms with van der Waals surface area (Å²) in [6.45, 7) is 1.81. The Kier molecular flexibility index (Phi) is 6.69. The summed E-state index contributed by atoms with van der Waals surface area (Å²) in [4.78, 5) is 14.4. The monoisotopic (exact) mass is 474 g/mol. The molecule has 0 saturated heterocycles. The number of carbonyl (C=O) groups excluding carboxylic acids is 1. The van der Waals surface area contributed by atoms with Gasteiger partial charge in [-0.25, -0.2) is 13.6 Å². The second-order valence-electron chi connectivity index (χ2n) is 7.68. The van der Waals surface area contributed by atoms with Crippen molar-refractivity contribution in [1.82, 2.24) is 0 Å². The number of anilines is 1. The molecule has 1 amide bonds. The smallest absolute Gasteiger partial charge is 0.303 e. The van der Waals surface area contributed by atoms with Crippen LogP contribution in [0.2, 0.25) is 5.02 Å². The van der Waals surface area contributed by atoms with Crippen molar-refractivity contribution in [3.8, 4) is 0 Å². The van der Waals surface area contributed by atoms with E-state index in [1.807, 2.05) is 6.92 Å². The highest BCUT2D eigenvalue weighted by atomic mass is 35.5. The molecule has 2 aromatic rings. The molecule has 0 spiro atoms. The Hall–Kier alpha value is -2.10. The first-order valence-corrected chi connectivity index (χ1v) is 11.7. The largest absolute Gasteiger partial charge is 0.418 e. The molecule has 1 fully saturated rings. The number of halogens is 4. The molecule has 31 heavy (non-hydrogen) atoms. The number of hydrogen-bond donors (Lipinski definition) is 1. The first-order chi connectivity index (χ1) is 14.4. The fourth-order valence-electron chi connectivity index (χ4n) is 3.98. The molecule has 10 heteroatoms. The maximum absolute atomic E-state index is 13.9. The minimum absolute atomic E-state index is 0.146. The molecule has 2 N–H and O–H groups in total. The standard InChI is InChI=1S/C21H22ClF3N2O3S/c1-13-6-8-14(9-7-13)20(28)27(18-4-2-3-5-19(18)31(26,29)30)17-11-10-15(22)12-16(17)21(23,24)25/h6-12,18-19H,2-5H2,1H3,(H2,26,29,30). The molecule has 2 unspecified atom stereocenters. The summed E-state index contributed by atoms with van der Waals surface area (Å²) in [5, 5.41) is 4.09. The van der Waals surface area contributed by atoms with Gasteiger partial charge in [0.05, 0.1) is 22.5 Å². The maximum atomic E-state index is 13.9. The molecule has 2 atom stereocenters. The summed E-state index contributed by atoms with van der Waals surface area (Å²) < 4.78 is 66.1. The van der Waals surface area contributed by atoms with E-state index >= 15 is 0 Å². The van der Waals surface area contributed by atoms with Gasteiger partial charge in [-0.1, -0.05) is 42.1 Å². The molecular weight excluding hydrogens is 453 g/mol. The molecule has 0 radical (unpaired) electrons. The Balaban J connectivity index is 2.23. The lowest BCUT2D eigenvalue weighted by molar-refractivity contribution is -0.137. The zero-order valence-corrected chi connectivity index (χ0v) is 18.3. The van der Waals surface area contributed by atoms with Crippen molar-refractivity contribution in [3.05, 3.63) is 64.2 Å². The number of amides is 1. The van der Waals surface area contributed by atoms with Crippen LogP contribution in [0.4, 0.5) is 18.9 Å². The van der Waals surface area contributed by atoms with Crippen LogP contribution in [0, 0.1) is 6.92 Å². The van der Waals surface area contributed by atoms with Crippen molar-refractivity contribution < 1.29 is 26.4 Å². The van der Waals surface area contributed by atoms with Crippen LogP contribution in [0.1, 0.15) is 47.2 Å². The van der Waals surface area contributed by atoms with E-state index in [-0.39, 0.29) is 23.4 Å². The van der Waals surface area contributed by atoms with Gasteiger partial charge in [-0.15, -0.1) is 0 Å². The van der Waals surface area contributed by atoms with Crippen molar-refractivity contribution in [2.75, 3.05) is 4.90 Å². The molecule has 3 rings (SSSR count). The van der Waals surface area contributed by atoms with Gasteiger partial charge in [0.25, 0.3) is 5.91 Å². The van der Waals surface area contributed by atoms with E-state index in [1.54, 1.807) is 12.1 Å². The average Bonchev–Trinajstić information content (AvgIpc) is 2.68.